The summed E-state index contributed by atoms with van der Waals surface area (Å²) in [6.07, 6.45) is 1.99. The fourth-order valence-electron chi connectivity index (χ4n) is 4.53. The Labute approximate surface area is 197 Å². The number of carbonyl (C=O) groups excluding carboxylic acids is 1. The normalized spacial score (nSPS) is 20.0. The van der Waals surface area contributed by atoms with Crippen molar-refractivity contribution in [3.63, 3.8) is 0 Å². The van der Waals surface area contributed by atoms with Crippen molar-refractivity contribution in [2.75, 3.05) is 18.5 Å². The topological polar surface area (TPSA) is 67.4 Å². The van der Waals surface area contributed by atoms with Crippen LogP contribution in [0.2, 0.25) is 5.28 Å². The fraction of sp³-hybridized carbons (Fsp3) is 0.542. The molecule has 1 aromatic heterocycles. The lowest BCUT2D eigenvalue weighted by atomic mass is 9.95. The first kappa shape index (κ1) is 23.8. The van der Waals surface area contributed by atoms with Gasteiger partial charge in [0, 0.05) is 36.3 Å². The van der Waals surface area contributed by atoms with Gasteiger partial charge in [0.25, 0.3) is 6.43 Å². The molecule has 9 heteroatoms. The number of ether oxygens (including phenoxy) is 1. The zero-order chi connectivity index (χ0) is 23.4. The summed E-state index contributed by atoms with van der Waals surface area (Å²) in [5.41, 5.74) is 2.25. The van der Waals surface area contributed by atoms with Crippen LogP contribution in [0.1, 0.15) is 73.9 Å². The molecule has 0 bridgehead atoms. The van der Waals surface area contributed by atoms with E-state index >= 15 is 0 Å². The molecule has 0 saturated carbocycles. The second-order valence-corrected chi connectivity index (χ2v) is 9.08. The van der Waals surface area contributed by atoms with E-state index in [9.17, 15) is 13.6 Å². The maximum atomic E-state index is 13.3. The highest BCUT2D eigenvalue weighted by molar-refractivity contribution is 6.28. The van der Waals surface area contributed by atoms with Crippen molar-refractivity contribution in [3.05, 3.63) is 51.9 Å². The van der Waals surface area contributed by atoms with Crippen LogP contribution in [-0.4, -0.2) is 34.0 Å². The molecule has 2 aliphatic heterocycles. The molecule has 178 valence electrons. The zero-order valence-electron chi connectivity index (χ0n) is 18.7. The van der Waals surface area contributed by atoms with Crippen molar-refractivity contribution in [1.29, 1.82) is 0 Å². The highest BCUT2D eigenvalue weighted by Crippen LogP contribution is 2.33. The number of alkyl halides is 2. The van der Waals surface area contributed by atoms with Gasteiger partial charge in [0.2, 0.25) is 11.2 Å². The van der Waals surface area contributed by atoms with Crippen LogP contribution in [0.4, 0.5) is 14.6 Å². The number of benzene rings is 1. The third-order valence-corrected chi connectivity index (χ3v) is 6.53. The molecule has 33 heavy (non-hydrogen) atoms. The average molecular weight is 479 g/mol. The number of nitrogens with one attached hydrogen (secondary N) is 1. The molecule has 1 amide bonds. The lowest BCUT2D eigenvalue weighted by Crippen LogP contribution is -2.32. The molecule has 4 rings (SSSR count). The summed E-state index contributed by atoms with van der Waals surface area (Å²) in [4.78, 5) is 23.8. The van der Waals surface area contributed by atoms with E-state index in [0.29, 0.717) is 25.5 Å². The van der Waals surface area contributed by atoms with Crippen molar-refractivity contribution < 1.29 is 18.3 Å². The van der Waals surface area contributed by atoms with Crippen LogP contribution in [0.3, 0.4) is 0 Å². The molecule has 2 atom stereocenters. The summed E-state index contributed by atoms with van der Waals surface area (Å²) in [6.45, 7) is 4.14. The third kappa shape index (κ3) is 5.79. The Morgan fingerprint density at radius 1 is 1.15 bits per heavy atom. The van der Waals surface area contributed by atoms with Gasteiger partial charge in [-0.1, -0.05) is 24.6 Å². The van der Waals surface area contributed by atoms with E-state index in [0.717, 1.165) is 55.5 Å². The Morgan fingerprint density at radius 2 is 1.91 bits per heavy atom. The Hall–Kier alpha value is -2.32. The summed E-state index contributed by atoms with van der Waals surface area (Å²) >= 11 is 6.18. The van der Waals surface area contributed by atoms with Crippen molar-refractivity contribution in [2.24, 2.45) is 5.92 Å². The molecule has 0 aliphatic carbocycles. The molecule has 6 nitrogen and oxygen atoms in total. The molecular formula is C24H29ClF2N4O2. The van der Waals surface area contributed by atoms with Crippen LogP contribution in [0.5, 0.6) is 0 Å². The first-order valence-corrected chi connectivity index (χ1v) is 11.9. The van der Waals surface area contributed by atoms with Crippen LogP contribution < -0.4 is 5.32 Å². The molecule has 1 aromatic carbocycles. The smallest absolute Gasteiger partial charge is 0.263 e. The van der Waals surface area contributed by atoms with Gasteiger partial charge in [0.1, 0.15) is 5.82 Å². The predicted octanol–water partition coefficient (Wildman–Crippen LogP) is 5.68. The number of halogens is 3. The fourth-order valence-corrected chi connectivity index (χ4v) is 4.72. The minimum absolute atomic E-state index is 0.0168. The number of rotatable bonds is 5. The van der Waals surface area contributed by atoms with Gasteiger partial charge in [-0.2, -0.15) is 0 Å². The number of nitrogens with zero attached hydrogens (tertiary/aromatic N) is 3. The largest absolute Gasteiger partial charge is 0.381 e. The molecule has 1 N–H and O–H groups in total. The highest BCUT2D eigenvalue weighted by atomic mass is 35.5. The second-order valence-electron chi connectivity index (χ2n) is 8.74. The lowest BCUT2D eigenvalue weighted by molar-refractivity contribution is -0.136. The number of anilines is 1. The van der Waals surface area contributed by atoms with Crippen molar-refractivity contribution >= 4 is 23.3 Å². The number of fused-ring (bicyclic) bond motifs is 1. The second kappa shape index (κ2) is 10.7. The van der Waals surface area contributed by atoms with Crippen molar-refractivity contribution in [3.8, 4) is 0 Å². The molecule has 0 radical (unpaired) electrons. The number of hydrogen-bond acceptors (Lipinski definition) is 5. The lowest BCUT2D eigenvalue weighted by Gasteiger charge is -2.23. The zero-order valence-corrected chi connectivity index (χ0v) is 19.5. The SMILES string of the molecule is C[C@@H](Nc1nc(Cl)nc2c1CN(C(=O)C1CCCCOCCC1)C2)c1cccc(C(F)F)c1. The summed E-state index contributed by atoms with van der Waals surface area (Å²) in [5, 5.41) is 3.39. The monoisotopic (exact) mass is 478 g/mol. The maximum Gasteiger partial charge on any atom is 0.263 e. The molecular weight excluding hydrogens is 450 g/mol. The minimum atomic E-state index is -2.53. The van der Waals surface area contributed by atoms with Gasteiger partial charge in [-0.15, -0.1) is 0 Å². The predicted molar refractivity (Wildman–Crippen MR) is 122 cm³/mol. The first-order valence-electron chi connectivity index (χ1n) is 11.5. The van der Waals surface area contributed by atoms with Gasteiger partial charge >= 0.3 is 0 Å². The van der Waals surface area contributed by atoms with Crippen LogP contribution in [0.15, 0.2) is 24.3 Å². The van der Waals surface area contributed by atoms with E-state index in [2.05, 4.69) is 15.3 Å². The molecule has 2 aliphatic rings. The van der Waals surface area contributed by atoms with E-state index in [1.54, 1.807) is 12.1 Å². The first-order chi connectivity index (χ1) is 15.9. The van der Waals surface area contributed by atoms with Gasteiger partial charge in [-0.25, -0.2) is 18.7 Å². The van der Waals surface area contributed by atoms with E-state index in [1.807, 2.05) is 11.8 Å². The standard InChI is InChI=1S/C24H29ClF2N4O2/c1-15(17-7-4-8-18(12-17)21(26)27)28-22-19-13-31(14-20(19)29-24(25)30-22)23(32)16-6-2-3-10-33-11-5-9-16/h4,7-8,12,15-16,21H,2-3,5-6,9-11,13-14H2,1H3,(H,28,29,30)/t15-,16?/m1/s1. The van der Waals surface area contributed by atoms with Crippen LogP contribution >= 0.6 is 11.6 Å². The Bertz CT molecular complexity index is 981. The average Bonchev–Trinajstić information content (AvgIpc) is 3.27. The molecule has 0 spiro atoms. The minimum Gasteiger partial charge on any atom is -0.381 e. The van der Waals surface area contributed by atoms with Gasteiger partial charge < -0.3 is 15.0 Å². The quantitative estimate of drug-likeness (QED) is 0.560. The number of hydrogen-bond donors (Lipinski definition) is 1. The summed E-state index contributed by atoms with van der Waals surface area (Å²) < 4.78 is 31.8. The number of amides is 1. The van der Waals surface area contributed by atoms with E-state index < -0.39 is 6.43 Å². The molecule has 1 unspecified atom stereocenters. The van der Waals surface area contributed by atoms with E-state index in [4.69, 9.17) is 16.3 Å². The summed E-state index contributed by atoms with van der Waals surface area (Å²) in [5.74, 6) is 0.657. The van der Waals surface area contributed by atoms with Crippen LogP contribution in [0.25, 0.3) is 0 Å². The third-order valence-electron chi connectivity index (χ3n) is 6.36. The molecule has 1 fully saturated rings. The number of aromatic nitrogens is 2. The van der Waals surface area contributed by atoms with Crippen molar-refractivity contribution in [2.45, 2.75) is 64.6 Å². The molecule has 2 aromatic rings. The van der Waals surface area contributed by atoms with Gasteiger partial charge in [-0.05, 0) is 55.8 Å². The number of carbonyl (C=O) groups is 1. The summed E-state index contributed by atoms with van der Waals surface area (Å²) in [6, 6.07) is 6.03. The van der Waals surface area contributed by atoms with Gasteiger partial charge in [0.15, 0.2) is 0 Å². The highest BCUT2D eigenvalue weighted by Gasteiger charge is 2.32. The van der Waals surface area contributed by atoms with E-state index in [1.165, 1.54) is 12.1 Å². The van der Waals surface area contributed by atoms with Crippen molar-refractivity contribution in [1.82, 2.24) is 14.9 Å². The maximum absolute atomic E-state index is 13.3. The molecule has 1 saturated heterocycles. The van der Waals surface area contributed by atoms with Gasteiger partial charge in [0.05, 0.1) is 18.8 Å². The van der Waals surface area contributed by atoms with Crippen LogP contribution in [0, 0.1) is 5.92 Å². The Morgan fingerprint density at radius 3 is 2.73 bits per heavy atom. The van der Waals surface area contributed by atoms with Crippen LogP contribution in [-0.2, 0) is 22.6 Å². The molecule has 3 heterocycles. The summed E-state index contributed by atoms with van der Waals surface area (Å²) in [7, 11) is 0. The van der Waals surface area contributed by atoms with Gasteiger partial charge in [-0.3, -0.25) is 4.79 Å². The Balaban J connectivity index is 1.49. The Kier molecular flexibility index (Phi) is 7.75. The van der Waals surface area contributed by atoms with E-state index in [-0.39, 0.29) is 28.7 Å².